The summed E-state index contributed by atoms with van der Waals surface area (Å²) in [7, 11) is 1.61. The van der Waals surface area contributed by atoms with Crippen LogP contribution < -0.4 is 15.5 Å². The number of carbonyl (C=O) groups is 2. The van der Waals surface area contributed by atoms with E-state index in [0.29, 0.717) is 45.3 Å². The molecule has 3 aromatic rings. The van der Waals surface area contributed by atoms with Crippen LogP contribution in [-0.2, 0) is 19.1 Å². The van der Waals surface area contributed by atoms with Crippen molar-refractivity contribution in [3.05, 3.63) is 60.8 Å². The van der Waals surface area contributed by atoms with Crippen LogP contribution in [0.25, 0.3) is 11.3 Å². The summed E-state index contributed by atoms with van der Waals surface area (Å²) >= 11 is 0. The van der Waals surface area contributed by atoms with Crippen LogP contribution in [-0.4, -0.2) is 79.8 Å². The Morgan fingerprint density at radius 3 is 2.44 bits per heavy atom. The predicted octanol–water partition coefficient (Wildman–Crippen LogP) is 3.55. The van der Waals surface area contributed by atoms with Gasteiger partial charge >= 0.3 is 0 Å². The third-order valence-corrected chi connectivity index (χ3v) is 7.05. The number of nitrogens with one attached hydrogen (secondary N) is 2. The molecule has 0 saturated carbocycles. The van der Waals surface area contributed by atoms with Crippen LogP contribution in [0.1, 0.15) is 12.8 Å². The van der Waals surface area contributed by atoms with Crippen molar-refractivity contribution in [2.24, 2.45) is 5.92 Å². The lowest BCUT2D eigenvalue weighted by Crippen LogP contribution is -2.49. The Morgan fingerprint density at radius 1 is 1.00 bits per heavy atom. The van der Waals surface area contributed by atoms with E-state index in [1.807, 2.05) is 47.4 Å². The zero-order valence-corrected chi connectivity index (χ0v) is 22.1. The lowest BCUT2D eigenvalue weighted by molar-refractivity contribution is -0.132. The Morgan fingerprint density at radius 2 is 1.74 bits per heavy atom. The molecule has 2 N–H and O–H groups in total. The summed E-state index contributed by atoms with van der Waals surface area (Å²) in [6, 6.07) is 17.6. The molecule has 10 nitrogen and oxygen atoms in total. The molecule has 10 heteroatoms. The summed E-state index contributed by atoms with van der Waals surface area (Å²) in [6.45, 7) is 4.61. The van der Waals surface area contributed by atoms with Gasteiger partial charge in [-0.3, -0.25) is 9.59 Å². The van der Waals surface area contributed by atoms with Crippen LogP contribution >= 0.6 is 0 Å². The van der Waals surface area contributed by atoms with Gasteiger partial charge in [0.15, 0.2) is 0 Å². The summed E-state index contributed by atoms with van der Waals surface area (Å²) in [5.41, 5.74) is 4.47. The minimum absolute atomic E-state index is 0.00454. The number of amides is 2. The fraction of sp³-hybridized carbons (Fsp3) is 0.379. The summed E-state index contributed by atoms with van der Waals surface area (Å²) in [5, 5.41) is 6.24. The minimum Gasteiger partial charge on any atom is -0.384 e. The predicted molar refractivity (Wildman–Crippen MR) is 150 cm³/mol. The summed E-state index contributed by atoms with van der Waals surface area (Å²) in [5.74, 6) is 0.564. The molecule has 1 unspecified atom stereocenters. The third-order valence-electron chi connectivity index (χ3n) is 7.05. The molecule has 3 heterocycles. The van der Waals surface area contributed by atoms with Gasteiger partial charge in [0, 0.05) is 68.7 Å². The molecule has 1 aromatic heterocycles. The fourth-order valence-electron chi connectivity index (χ4n) is 4.74. The normalized spacial score (nSPS) is 17.2. The first kappa shape index (κ1) is 26.6. The molecular formula is C29H34N6O4. The van der Waals surface area contributed by atoms with E-state index >= 15 is 0 Å². The number of methoxy groups -OCH3 is 1. The van der Waals surface area contributed by atoms with Crippen LogP contribution in [0.15, 0.2) is 60.8 Å². The molecule has 0 radical (unpaired) electrons. The standard InChI is InChI=1S/C29H34N6O4/c1-38-18-12-27(36)35-16-14-34(15-17-35)25-8-6-24(7-9-25)32-29-30-13-10-26(33-29)21-2-4-23(5-3-21)31-28(37)22-11-19-39-20-22/h2-10,13,22H,11-12,14-20H2,1H3,(H,31,37)(H,30,32,33). The van der Waals surface area contributed by atoms with Crippen LogP contribution in [0.4, 0.5) is 23.0 Å². The molecule has 2 saturated heterocycles. The number of ether oxygens (including phenoxy) is 2. The number of aromatic nitrogens is 2. The van der Waals surface area contributed by atoms with E-state index in [1.165, 1.54) is 0 Å². The number of benzene rings is 2. The van der Waals surface area contributed by atoms with Crippen LogP contribution in [0, 0.1) is 5.92 Å². The molecule has 2 aliphatic rings. The lowest BCUT2D eigenvalue weighted by atomic mass is 10.1. The topological polar surface area (TPSA) is 109 Å². The Hall–Kier alpha value is -4.02. The van der Waals surface area contributed by atoms with Gasteiger partial charge < -0.3 is 29.9 Å². The van der Waals surface area contributed by atoms with Gasteiger partial charge in [-0.1, -0.05) is 12.1 Å². The maximum Gasteiger partial charge on any atom is 0.229 e. The Balaban J connectivity index is 1.15. The highest BCUT2D eigenvalue weighted by Crippen LogP contribution is 2.24. The highest BCUT2D eigenvalue weighted by Gasteiger charge is 2.23. The Labute approximate surface area is 228 Å². The molecule has 0 bridgehead atoms. The van der Waals surface area contributed by atoms with Crippen molar-refractivity contribution in [1.82, 2.24) is 14.9 Å². The van der Waals surface area contributed by atoms with Gasteiger partial charge in [0.05, 0.1) is 31.2 Å². The number of hydrogen-bond acceptors (Lipinski definition) is 8. The largest absolute Gasteiger partial charge is 0.384 e. The number of piperazine rings is 1. The summed E-state index contributed by atoms with van der Waals surface area (Å²) < 4.78 is 10.3. The summed E-state index contributed by atoms with van der Waals surface area (Å²) in [4.78, 5) is 37.8. The van der Waals surface area contributed by atoms with Crippen molar-refractivity contribution in [2.45, 2.75) is 12.8 Å². The minimum atomic E-state index is -0.0821. The summed E-state index contributed by atoms with van der Waals surface area (Å²) in [6.07, 6.45) is 2.92. The molecule has 2 fully saturated rings. The van der Waals surface area contributed by atoms with E-state index in [9.17, 15) is 9.59 Å². The van der Waals surface area contributed by atoms with Gasteiger partial charge in [-0.25, -0.2) is 9.97 Å². The van der Waals surface area contributed by atoms with E-state index in [-0.39, 0.29) is 17.7 Å². The first-order chi connectivity index (χ1) is 19.1. The molecule has 0 spiro atoms. The number of hydrogen-bond donors (Lipinski definition) is 2. The van der Waals surface area contributed by atoms with E-state index in [2.05, 4.69) is 37.6 Å². The average molecular weight is 531 g/mol. The van der Waals surface area contributed by atoms with Gasteiger partial charge in [-0.05, 0) is 48.9 Å². The molecule has 204 valence electrons. The second-order valence-corrected chi connectivity index (χ2v) is 9.68. The van der Waals surface area contributed by atoms with Gasteiger partial charge in [0.1, 0.15) is 0 Å². The van der Waals surface area contributed by atoms with Crippen molar-refractivity contribution in [1.29, 1.82) is 0 Å². The van der Waals surface area contributed by atoms with Crippen LogP contribution in [0.5, 0.6) is 0 Å². The molecule has 2 aliphatic heterocycles. The van der Waals surface area contributed by atoms with Crippen LogP contribution in [0.2, 0.25) is 0 Å². The third kappa shape index (κ3) is 6.90. The van der Waals surface area contributed by atoms with E-state index in [0.717, 1.165) is 47.8 Å². The Kier molecular flexibility index (Phi) is 8.65. The number of rotatable bonds is 9. The fourth-order valence-corrected chi connectivity index (χ4v) is 4.74. The average Bonchev–Trinajstić information content (AvgIpc) is 3.53. The van der Waals surface area contributed by atoms with Crippen molar-refractivity contribution >= 4 is 34.8 Å². The van der Waals surface area contributed by atoms with Crippen molar-refractivity contribution in [3.8, 4) is 11.3 Å². The first-order valence-electron chi connectivity index (χ1n) is 13.3. The monoisotopic (exact) mass is 530 g/mol. The molecular weight excluding hydrogens is 496 g/mol. The zero-order valence-electron chi connectivity index (χ0n) is 22.1. The molecule has 2 aromatic carbocycles. The van der Waals surface area contributed by atoms with E-state index in [4.69, 9.17) is 9.47 Å². The SMILES string of the molecule is COCCC(=O)N1CCN(c2ccc(Nc3nccc(-c4ccc(NC(=O)C5CCOC5)cc4)n3)cc2)CC1. The number of nitrogens with zero attached hydrogens (tertiary/aromatic N) is 4. The van der Waals surface area contributed by atoms with Gasteiger partial charge in [0.2, 0.25) is 17.8 Å². The zero-order chi connectivity index (χ0) is 27.0. The number of carbonyl (C=O) groups excluding carboxylic acids is 2. The van der Waals surface area contributed by atoms with E-state index < -0.39 is 0 Å². The molecule has 1 atom stereocenters. The van der Waals surface area contributed by atoms with Gasteiger partial charge in [-0.2, -0.15) is 0 Å². The second kappa shape index (κ2) is 12.7. The highest BCUT2D eigenvalue weighted by molar-refractivity contribution is 5.93. The van der Waals surface area contributed by atoms with Crippen molar-refractivity contribution < 1.29 is 19.1 Å². The first-order valence-corrected chi connectivity index (χ1v) is 13.3. The molecule has 2 amide bonds. The van der Waals surface area contributed by atoms with Gasteiger partial charge in [-0.15, -0.1) is 0 Å². The molecule has 0 aliphatic carbocycles. The maximum absolute atomic E-state index is 12.3. The smallest absolute Gasteiger partial charge is 0.229 e. The molecule has 39 heavy (non-hydrogen) atoms. The Bertz CT molecular complexity index is 1250. The highest BCUT2D eigenvalue weighted by atomic mass is 16.5. The van der Waals surface area contributed by atoms with E-state index in [1.54, 1.807) is 13.3 Å². The van der Waals surface area contributed by atoms with Crippen molar-refractivity contribution in [3.63, 3.8) is 0 Å². The van der Waals surface area contributed by atoms with Crippen LogP contribution in [0.3, 0.4) is 0 Å². The number of anilines is 4. The lowest BCUT2D eigenvalue weighted by Gasteiger charge is -2.36. The quantitative estimate of drug-likeness (QED) is 0.433. The molecule has 5 rings (SSSR count). The van der Waals surface area contributed by atoms with Crippen molar-refractivity contribution in [2.75, 3.05) is 68.6 Å². The maximum atomic E-state index is 12.3. The van der Waals surface area contributed by atoms with Gasteiger partial charge in [0.25, 0.3) is 0 Å². The second-order valence-electron chi connectivity index (χ2n) is 9.68.